The van der Waals surface area contributed by atoms with E-state index >= 15 is 0 Å². The Labute approximate surface area is 111 Å². The summed E-state index contributed by atoms with van der Waals surface area (Å²) in [5.41, 5.74) is 5.08. The highest BCUT2D eigenvalue weighted by atomic mass is 32.2. The highest BCUT2D eigenvalue weighted by molar-refractivity contribution is 7.89. The molecule has 1 aromatic rings. The smallest absolute Gasteiger partial charge is 0.339 e. The van der Waals surface area contributed by atoms with Gasteiger partial charge in [-0.05, 0) is 37.6 Å². The number of hydrogen-bond acceptors (Lipinski definition) is 5. The number of carboxylic acids is 1. The van der Waals surface area contributed by atoms with Gasteiger partial charge in [0.1, 0.15) is 11.3 Å². The second-order valence-corrected chi connectivity index (χ2v) is 5.72. The molecule has 5 N–H and O–H groups in total. The normalized spacial score (nSPS) is 11.5. The lowest BCUT2D eigenvalue weighted by Gasteiger charge is -2.11. The summed E-state index contributed by atoms with van der Waals surface area (Å²) in [5, 5.41) is 18.3. The average Bonchev–Trinajstić information content (AvgIpc) is 2.28. The van der Waals surface area contributed by atoms with E-state index < -0.39 is 27.3 Å². The van der Waals surface area contributed by atoms with E-state index in [2.05, 4.69) is 4.72 Å². The van der Waals surface area contributed by atoms with E-state index in [0.717, 1.165) is 12.1 Å². The van der Waals surface area contributed by atoms with Crippen LogP contribution in [0, 0.1) is 6.92 Å². The van der Waals surface area contributed by atoms with Gasteiger partial charge in [0.05, 0.1) is 4.90 Å². The quantitative estimate of drug-likeness (QED) is 0.546. The van der Waals surface area contributed by atoms with Gasteiger partial charge in [-0.25, -0.2) is 17.9 Å². The number of aromatic hydroxyl groups is 1. The standard InChI is InChI=1S/C11H16N2O5S/c1-7-5-9(14)8(11(15)16)6-10(7)19(17,18)13-4-2-3-12/h5-6,13-14H,2-4,12H2,1H3,(H,15,16). The molecular formula is C11H16N2O5S. The molecule has 106 valence electrons. The Kier molecular flexibility index (Phi) is 4.87. The van der Waals surface area contributed by atoms with Crippen LogP contribution in [-0.4, -0.2) is 37.7 Å². The van der Waals surface area contributed by atoms with E-state index in [-0.39, 0.29) is 17.0 Å². The largest absolute Gasteiger partial charge is 0.507 e. The molecule has 8 heteroatoms. The fourth-order valence-electron chi connectivity index (χ4n) is 1.52. The Morgan fingerprint density at radius 1 is 1.42 bits per heavy atom. The van der Waals surface area contributed by atoms with Crippen molar-refractivity contribution in [1.82, 2.24) is 4.72 Å². The van der Waals surface area contributed by atoms with Gasteiger partial charge in [0.2, 0.25) is 10.0 Å². The number of sulfonamides is 1. The minimum absolute atomic E-state index is 0.167. The number of nitrogens with one attached hydrogen (secondary N) is 1. The third kappa shape index (κ3) is 3.66. The van der Waals surface area contributed by atoms with Crippen LogP contribution < -0.4 is 10.5 Å². The fourth-order valence-corrected chi connectivity index (χ4v) is 2.84. The SMILES string of the molecule is Cc1cc(O)c(C(=O)O)cc1S(=O)(=O)NCCCN. The molecule has 0 aromatic heterocycles. The Morgan fingerprint density at radius 3 is 2.58 bits per heavy atom. The molecule has 0 amide bonds. The lowest BCUT2D eigenvalue weighted by molar-refractivity contribution is 0.0693. The van der Waals surface area contributed by atoms with Gasteiger partial charge in [0.25, 0.3) is 0 Å². The molecule has 0 heterocycles. The van der Waals surface area contributed by atoms with Crippen molar-refractivity contribution in [2.75, 3.05) is 13.1 Å². The van der Waals surface area contributed by atoms with Crippen LogP contribution in [0.15, 0.2) is 17.0 Å². The summed E-state index contributed by atoms with van der Waals surface area (Å²) in [7, 11) is -3.82. The van der Waals surface area contributed by atoms with Crippen molar-refractivity contribution in [3.8, 4) is 5.75 Å². The molecule has 0 saturated heterocycles. The van der Waals surface area contributed by atoms with Gasteiger partial charge in [-0.1, -0.05) is 0 Å². The Bertz CT molecular complexity index is 583. The number of carboxylic acid groups (broad SMARTS) is 1. The van der Waals surface area contributed by atoms with Crippen molar-refractivity contribution in [2.45, 2.75) is 18.2 Å². The van der Waals surface area contributed by atoms with Crippen LogP contribution in [0.3, 0.4) is 0 Å². The third-order valence-corrected chi connectivity index (χ3v) is 4.09. The van der Waals surface area contributed by atoms with Crippen molar-refractivity contribution in [3.63, 3.8) is 0 Å². The van der Waals surface area contributed by atoms with E-state index in [1.54, 1.807) is 0 Å². The highest BCUT2D eigenvalue weighted by Gasteiger charge is 2.21. The molecule has 0 fully saturated rings. The highest BCUT2D eigenvalue weighted by Crippen LogP contribution is 2.25. The maximum atomic E-state index is 12.0. The van der Waals surface area contributed by atoms with Crippen molar-refractivity contribution < 1.29 is 23.4 Å². The zero-order valence-corrected chi connectivity index (χ0v) is 11.2. The van der Waals surface area contributed by atoms with E-state index in [1.807, 2.05) is 0 Å². The fraction of sp³-hybridized carbons (Fsp3) is 0.364. The van der Waals surface area contributed by atoms with Crippen LogP contribution in [0.1, 0.15) is 22.3 Å². The maximum absolute atomic E-state index is 12.0. The number of rotatable bonds is 6. The van der Waals surface area contributed by atoms with Crippen LogP contribution in [0.2, 0.25) is 0 Å². The molecular weight excluding hydrogens is 272 g/mol. The van der Waals surface area contributed by atoms with Gasteiger partial charge < -0.3 is 15.9 Å². The average molecular weight is 288 g/mol. The van der Waals surface area contributed by atoms with E-state index in [4.69, 9.17) is 10.8 Å². The van der Waals surface area contributed by atoms with Crippen molar-refractivity contribution in [3.05, 3.63) is 23.3 Å². The maximum Gasteiger partial charge on any atom is 0.339 e. The molecule has 0 atom stereocenters. The monoisotopic (exact) mass is 288 g/mol. The first-order valence-electron chi connectivity index (χ1n) is 5.56. The molecule has 0 aliphatic heterocycles. The van der Waals surface area contributed by atoms with Gasteiger partial charge in [0.15, 0.2) is 0 Å². The van der Waals surface area contributed by atoms with Crippen molar-refractivity contribution in [2.24, 2.45) is 5.73 Å². The van der Waals surface area contributed by atoms with Gasteiger partial charge >= 0.3 is 5.97 Å². The summed E-state index contributed by atoms with van der Waals surface area (Å²) in [6, 6.07) is 2.05. The second-order valence-electron chi connectivity index (χ2n) is 3.98. The summed E-state index contributed by atoms with van der Waals surface area (Å²) in [4.78, 5) is 10.7. The van der Waals surface area contributed by atoms with Crippen LogP contribution in [-0.2, 0) is 10.0 Å². The molecule has 0 radical (unpaired) electrons. The summed E-state index contributed by atoms with van der Waals surface area (Å²) < 4.78 is 26.3. The second kappa shape index (κ2) is 6.00. The summed E-state index contributed by atoms with van der Waals surface area (Å²) >= 11 is 0. The van der Waals surface area contributed by atoms with Gasteiger partial charge in [-0.2, -0.15) is 0 Å². The van der Waals surface area contributed by atoms with Crippen LogP contribution in [0.5, 0.6) is 5.75 Å². The van der Waals surface area contributed by atoms with Crippen molar-refractivity contribution >= 4 is 16.0 Å². The number of aromatic carboxylic acids is 1. The first-order chi connectivity index (χ1) is 8.79. The number of aryl methyl sites for hydroxylation is 1. The topological polar surface area (TPSA) is 130 Å². The summed E-state index contributed by atoms with van der Waals surface area (Å²) in [6.45, 7) is 1.99. The first kappa shape index (κ1) is 15.4. The number of phenols is 1. The number of nitrogens with two attached hydrogens (primary N) is 1. The van der Waals surface area contributed by atoms with E-state index in [0.29, 0.717) is 13.0 Å². The summed E-state index contributed by atoms with van der Waals surface area (Å²) in [6.07, 6.45) is 0.474. The molecule has 0 aliphatic carbocycles. The minimum atomic E-state index is -3.82. The summed E-state index contributed by atoms with van der Waals surface area (Å²) in [5.74, 6) is -1.86. The zero-order chi connectivity index (χ0) is 14.6. The molecule has 19 heavy (non-hydrogen) atoms. The molecule has 1 rings (SSSR count). The number of benzene rings is 1. The number of hydrogen-bond donors (Lipinski definition) is 4. The lowest BCUT2D eigenvalue weighted by atomic mass is 10.1. The molecule has 0 saturated carbocycles. The van der Waals surface area contributed by atoms with E-state index in [9.17, 15) is 18.3 Å². The molecule has 0 spiro atoms. The predicted octanol–water partition coefficient (Wildman–Crippen LogP) is 0.0259. The van der Waals surface area contributed by atoms with Crippen molar-refractivity contribution in [1.29, 1.82) is 0 Å². The Balaban J connectivity index is 3.19. The zero-order valence-electron chi connectivity index (χ0n) is 10.4. The van der Waals surface area contributed by atoms with Gasteiger partial charge in [0, 0.05) is 6.54 Å². The van der Waals surface area contributed by atoms with Crippen LogP contribution in [0.4, 0.5) is 0 Å². The van der Waals surface area contributed by atoms with Gasteiger partial charge in [-0.3, -0.25) is 0 Å². The Morgan fingerprint density at radius 2 is 2.05 bits per heavy atom. The number of carbonyl (C=O) groups is 1. The Hall–Kier alpha value is -1.64. The van der Waals surface area contributed by atoms with E-state index in [1.165, 1.54) is 6.92 Å². The lowest BCUT2D eigenvalue weighted by Crippen LogP contribution is -2.27. The molecule has 0 bridgehead atoms. The van der Waals surface area contributed by atoms with Crippen LogP contribution >= 0.6 is 0 Å². The predicted molar refractivity (Wildman–Crippen MR) is 68.7 cm³/mol. The molecule has 0 unspecified atom stereocenters. The molecule has 1 aromatic carbocycles. The molecule has 7 nitrogen and oxygen atoms in total. The van der Waals surface area contributed by atoms with Gasteiger partial charge in [-0.15, -0.1) is 0 Å². The third-order valence-electron chi connectivity index (χ3n) is 2.49. The minimum Gasteiger partial charge on any atom is -0.507 e. The first-order valence-corrected chi connectivity index (χ1v) is 7.04. The molecule has 0 aliphatic rings. The van der Waals surface area contributed by atoms with Crippen LogP contribution in [0.25, 0.3) is 0 Å².